The van der Waals surface area contributed by atoms with E-state index in [2.05, 4.69) is 11.4 Å². The Hall–Kier alpha value is -2.63. The average molecular weight is 402 g/mol. The third-order valence-electron chi connectivity index (χ3n) is 4.80. The molecule has 1 aliphatic rings. The highest BCUT2D eigenvalue weighted by molar-refractivity contribution is 5.80. The molecular formula is C21H30N4O4. The van der Waals surface area contributed by atoms with Crippen LogP contribution in [-0.2, 0) is 21.0 Å². The summed E-state index contributed by atoms with van der Waals surface area (Å²) >= 11 is 0. The van der Waals surface area contributed by atoms with Gasteiger partial charge in [-0.1, -0.05) is 44.2 Å². The molecular weight excluding hydrogens is 372 g/mol. The molecule has 8 heteroatoms. The van der Waals surface area contributed by atoms with Crippen LogP contribution in [-0.4, -0.2) is 61.3 Å². The minimum absolute atomic E-state index is 0.00241. The number of nitrogens with one attached hydrogen (secondary N) is 1. The van der Waals surface area contributed by atoms with Crippen LogP contribution in [0.15, 0.2) is 30.3 Å². The number of urea groups is 1. The number of carbonyl (C=O) groups excluding carboxylic acids is 2. The zero-order chi connectivity index (χ0) is 21.1. The Morgan fingerprint density at radius 1 is 1.28 bits per heavy atom. The van der Waals surface area contributed by atoms with Gasteiger partial charge in [-0.2, -0.15) is 5.26 Å². The van der Waals surface area contributed by atoms with Crippen LogP contribution in [0.1, 0.15) is 25.8 Å². The molecule has 1 saturated heterocycles. The molecule has 8 nitrogen and oxygen atoms in total. The van der Waals surface area contributed by atoms with Crippen LogP contribution in [0.25, 0.3) is 0 Å². The maximum Gasteiger partial charge on any atom is 0.317 e. The lowest BCUT2D eigenvalue weighted by Gasteiger charge is -2.30. The monoisotopic (exact) mass is 402 g/mol. The van der Waals surface area contributed by atoms with E-state index >= 15 is 0 Å². The van der Waals surface area contributed by atoms with E-state index in [4.69, 9.17) is 14.8 Å². The van der Waals surface area contributed by atoms with E-state index in [0.29, 0.717) is 26.3 Å². The first-order valence-electron chi connectivity index (χ1n) is 9.98. The zero-order valence-corrected chi connectivity index (χ0v) is 17.2. The molecule has 1 aromatic carbocycles. The summed E-state index contributed by atoms with van der Waals surface area (Å²) in [7, 11) is 0. The molecule has 0 bridgehead atoms. The van der Waals surface area contributed by atoms with E-state index in [1.165, 1.54) is 5.06 Å². The maximum absolute atomic E-state index is 13.1. The van der Waals surface area contributed by atoms with Crippen LogP contribution in [0.5, 0.6) is 0 Å². The van der Waals surface area contributed by atoms with Crippen molar-refractivity contribution in [1.29, 1.82) is 5.26 Å². The number of benzene rings is 1. The van der Waals surface area contributed by atoms with E-state index < -0.39 is 5.92 Å². The molecule has 29 heavy (non-hydrogen) atoms. The molecule has 1 aliphatic heterocycles. The lowest BCUT2D eigenvalue weighted by atomic mass is 9.94. The highest BCUT2D eigenvalue weighted by Gasteiger charge is 2.29. The summed E-state index contributed by atoms with van der Waals surface area (Å²) in [4.78, 5) is 32.9. The summed E-state index contributed by atoms with van der Waals surface area (Å²) in [6, 6.07) is 11.4. The Morgan fingerprint density at radius 2 is 1.97 bits per heavy atom. The fourth-order valence-electron chi connectivity index (χ4n) is 2.99. The molecule has 0 aromatic heterocycles. The van der Waals surface area contributed by atoms with Crippen molar-refractivity contribution in [2.75, 3.05) is 39.4 Å². The van der Waals surface area contributed by atoms with Crippen molar-refractivity contribution in [1.82, 2.24) is 15.3 Å². The number of carbonyl (C=O) groups is 2. The van der Waals surface area contributed by atoms with Gasteiger partial charge in [-0.15, -0.1) is 0 Å². The van der Waals surface area contributed by atoms with Gasteiger partial charge < -0.3 is 15.0 Å². The minimum atomic E-state index is -0.450. The van der Waals surface area contributed by atoms with Crippen LogP contribution < -0.4 is 5.32 Å². The summed E-state index contributed by atoms with van der Waals surface area (Å²) in [5.74, 6) is -0.680. The molecule has 0 spiro atoms. The number of hydrogen-bond acceptors (Lipinski definition) is 5. The molecule has 0 saturated carbocycles. The van der Waals surface area contributed by atoms with Crippen molar-refractivity contribution in [3.63, 3.8) is 0 Å². The van der Waals surface area contributed by atoms with Crippen LogP contribution in [0.2, 0.25) is 0 Å². The van der Waals surface area contributed by atoms with Crippen molar-refractivity contribution in [3.05, 3.63) is 35.9 Å². The number of nitriles is 1. The SMILES string of the molecule is CC(C)C(CNC(=O)N1CCOCC1)C(=O)N(CCC#N)OCc1ccccc1. The van der Waals surface area contributed by atoms with Crippen LogP contribution in [0.3, 0.4) is 0 Å². The molecule has 1 aromatic rings. The first-order valence-corrected chi connectivity index (χ1v) is 9.98. The van der Waals surface area contributed by atoms with E-state index in [-0.39, 0.29) is 44.0 Å². The molecule has 158 valence electrons. The number of rotatable bonds is 9. The molecule has 0 aliphatic carbocycles. The van der Waals surface area contributed by atoms with Gasteiger partial charge in [0.1, 0.15) is 6.61 Å². The number of hydrogen-bond donors (Lipinski definition) is 1. The normalized spacial score (nSPS) is 14.9. The number of hydroxylamine groups is 2. The summed E-state index contributed by atoms with van der Waals surface area (Å²) in [6.07, 6.45) is 0.172. The third-order valence-corrected chi connectivity index (χ3v) is 4.80. The number of nitrogens with zero attached hydrogens (tertiary/aromatic N) is 3. The highest BCUT2D eigenvalue weighted by Crippen LogP contribution is 2.16. The van der Waals surface area contributed by atoms with E-state index in [1.54, 1.807) is 4.90 Å². The minimum Gasteiger partial charge on any atom is -0.378 e. The predicted octanol–water partition coefficient (Wildman–Crippen LogP) is 2.17. The lowest BCUT2D eigenvalue weighted by molar-refractivity contribution is -0.196. The molecule has 1 atom stereocenters. The average Bonchev–Trinajstić information content (AvgIpc) is 2.74. The van der Waals surface area contributed by atoms with Crippen molar-refractivity contribution in [2.45, 2.75) is 26.9 Å². The van der Waals surface area contributed by atoms with Gasteiger partial charge in [-0.25, -0.2) is 9.86 Å². The van der Waals surface area contributed by atoms with Gasteiger partial charge in [0, 0.05) is 19.6 Å². The van der Waals surface area contributed by atoms with Crippen molar-refractivity contribution in [3.8, 4) is 6.07 Å². The van der Waals surface area contributed by atoms with E-state index in [0.717, 1.165) is 5.56 Å². The highest BCUT2D eigenvalue weighted by atomic mass is 16.7. The Balaban J connectivity index is 1.97. The van der Waals surface area contributed by atoms with Crippen molar-refractivity contribution in [2.24, 2.45) is 11.8 Å². The topological polar surface area (TPSA) is 94.9 Å². The van der Waals surface area contributed by atoms with E-state index in [9.17, 15) is 9.59 Å². The van der Waals surface area contributed by atoms with Crippen LogP contribution in [0.4, 0.5) is 4.79 Å². The van der Waals surface area contributed by atoms with E-state index in [1.807, 2.05) is 44.2 Å². The number of amides is 3. The maximum atomic E-state index is 13.1. The van der Waals surface area contributed by atoms with Gasteiger partial charge in [-0.3, -0.25) is 9.63 Å². The van der Waals surface area contributed by atoms with Gasteiger partial charge in [0.25, 0.3) is 5.91 Å². The Morgan fingerprint density at radius 3 is 2.59 bits per heavy atom. The van der Waals surface area contributed by atoms with Crippen molar-refractivity contribution >= 4 is 11.9 Å². The predicted molar refractivity (Wildman–Crippen MR) is 107 cm³/mol. The zero-order valence-electron chi connectivity index (χ0n) is 17.2. The standard InChI is InChI=1S/C21H30N4O4/c1-17(2)19(15-23-21(27)24-11-13-28-14-12-24)20(26)25(10-6-9-22)29-16-18-7-4-3-5-8-18/h3-5,7-8,17,19H,6,10-16H2,1-2H3,(H,23,27). The molecule has 2 rings (SSSR count). The Bertz CT molecular complexity index is 684. The fraction of sp³-hybridized carbons (Fsp3) is 0.571. The van der Waals surface area contributed by atoms with Gasteiger partial charge in [0.05, 0.1) is 38.2 Å². The Kier molecular flexibility index (Phi) is 9.41. The molecule has 1 N–H and O–H groups in total. The molecule has 1 unspecified atom stereocenters. The number of ether oxygens (including phenoxy) is 1. The fourth-order valence-corrected chi connectivity index (χ4v) is 2.99. The summed E-state index contributed by atoms with van der Waals surface area (Å²) in [5.41, 5.74) is 0.934. The van der Waals surface area contributed by atoms with Gasteiger partial charge in [0.15, 0.2) is 0 Å². The van der Waals surface area contributed by atoms with Crippen LogP contribution in [0, 0.1) is 23.2 Å². The first-order chi connectivity index (χ1) is 14.0. The van der Waals surface area contributed by atoms with Gasteiger partial charge >= 0.3 is 6.03 Å². The molecule has 0 radical (unpaired) electrons. The largest absolute Gasteiger partial charge is 0.378 e. The molecule has 3 amide bonds. The quantitative estimate of drug-likeness (QED) is 0.639. The molecule has 1 fully saturated rings. The Labute approximate surface area is 172 Å². The second-order valence-electron chi connectivity index (χ2n) is 7.24. The second-order valence-corrected chi connectivity index (χ2v) is 7.24. The smallest absolute Gasteiger partial charge is 0.317 e. The van der Waals surface area contributed by atoms with Crippen LogP contribution >= 0.6 is 0 Å². The van der Waals surface area contributed by atoms with Crippen molar-refractivity contribution < 1.29 is 19.2 Å². The van der Waals surface area contributed by atoms with Gasteiger partial charge in [-0.05, 0) is 11.5 Å². The first kappa shape index (κ1) is 22.7. The summed E-state index contributed by atoms with van der Waals surface area (Å²) < 4.78 is 5.26. The second kappa shape index (κ2) is 12.0. The van der Waals surface area contributed by atoms with Gasteiger partial charge in [0.2, 0.25) is 0 Å². The number of morpholine rings is 1. The molecule has 1 heterocycles. The summed E-state index contributed by atoms with van der Waals surface area (Å²) in [6.45, 7) is 6.63. The third kappa shape index (κ3) is 7.37. The summed E-state index contributed by atoms with van der Waals surface area (Å²) in [5, 5.41) is 13.1. The lowest BCUT2D eigenvalue weighted by Crippen LogP contribution is -2.49.